The predicted molar refractivity (Wildman–Crippen MR) is 72.9 cm³/mol. The summed E-state index contributed by atoms with van der Waals surface area (Å²) in [7, 11) is 0. The molecule has 0 radical (unpaired) electrons. The minimum Gasteiger partial charge on any atom is -0.459 e. The molecule has 0 aliphatic heterocycles. The number of ether oxygens (including phenoxy) is 1. The van der Waals surface area contributed by atoms with Crippen LogP contribution in [0.4, 0.5) is 5.95 Å². The van der Waals surface area contributed by atoms with E-state index in [1.165, 1.54) is 0 Å². The Bertz CT molecular complexity index is 441. The fourth-order valence-electron chi connectivity index (χ4n) is 1.54. The third kappa shape index (κ3) is 5.19. The molecule has 0 saturated heterocycles. The Morgan fingerprint density at radius 2 is 1.79 bits per heavy atom. The van der Waals surface area contributed by atoms with Crippen molar-refractivity contribution in [3.63, 3.8) is 0 Å². The van der Waals surface area contributed by atoms with E-state index < -0.39 is 5.60 Å². The van der Waals surface area contributed by atoms with Gasteiger partial charge in [0.05, 0.1) is 11.4 Å². The third-order valence-corrected chi connectivity index (χ3v) is 2.32. The first-order valence-corrected chi connectivity index (χ1v) is 6.54. The van der Waals surface area contributed by atoms with E-state index >= 15 is 0 Å². The normalized spacial score (nSPS) is 11.2. The molecule has 0 spiro atoms. The molecule has 6 heteroatoms. The van der Waals surface area contributed by atoms with Gasteiger partial charge in [-0.2, -0.15) is 5.10 Å². The lowest BCUT2D eigenvalue weighted by Crippen LogP contribution is -2.28. The number of anilines is 1. The molecule has 0 unspecified atom stereocenters. The molecule has 1 aromatic heterocycles. The standard InChI is InChI=1S/C13H22N4O2/c1-6-9-10(7-2)16-17-12(15-9)14-8-11(18)19-13(3,4)5/h6-8H2,1-5H3,(H,14,15,17). The minimum absolute atomic E-state index is 0.0353. The summed E-state index contributed by atoms with van der Waals surface area (Å²) in [6.07, 6.45) is 1.59. The van der Waals surface area contributed by atoms with Gasteiger partial charge in [0.15, 0.2) is 0 Å². The number of rotatable bonds is 5. The highest BCUT2D eigenvalue weighted by Crippen LogP contribution is 2.08. The summed E-state index contributed by atoms with van der Waals surface area (Å²) >= 11 is 0. The van der Waals surface area contributed by atoms with Crippen LogP contribution >= 0.6 is 0 Å². The maximum atomic E-state index is 11.5. The second-order valence-electron chi connectivity index (χ2n) is 5.18. The summed E-state index contributed by atoms with van der Waals surface area (Å²) in [6, 6.07) is 0. The third-order valence-electron chi connectivity index (χ3n) is 2.32. The zero-order valence-corrected chi connectivity index (χ0v) is 12.3. The summed E-state index contributed by atoms with van der Waals surface area (Å²) in [4.78, 5) is 15.9. The smallest absolute Gasteiger partial charge is 0.325 e. The van der Waals surface area contributed by atoms with Gasteiger partial charge < -0.3 is 10.1 Å². The molecule has 0 saturated carbocycles. The molecule has 1 aromatic rings. The number of carbonyl (C=O) groups excluding carboxylic acids is 1. The number of carbonyl (C=O) groups is 1. The monoisotopic (exact) mass is 266 g/mol. The van der Waals surface area contributed by atoms with E-state index in [0.29, 0.717) is 5.95 Å². The molecule has 6 nitrogen and oxygen atoms in total. The molecule has 0 amide bonds. The van der Waals surface area contributed by atoms with Gasteiger partial charge in [-0.15, -0.1) is 5.10 Å². The Hall–Kier alpha value is -1.72. The van der Waals surface area contributed by atoms with E-state index in [1.54, 1.807) is 0 Å². The van der Waals surface area contributed by atoms with Crippen molar-refractivity contribution in [3.8, 4) is 0 Å². The van der Waals surface area contributed by atoms with Gasteiger partial charge in [0.25, 0.3) is 0 Å². The Morgan fingerprint density at radius 3 is 2.32 bits per heavy atom. The fraction of sp³-hybridized carbons (Fsp3) is 0.692. The van der Waals surface area contributed by atoms with Crippen LogP contribution in [0.25, 0.3) is 0 Å². The molecule has 0 aromatic carbocycles. The Balaban J connectivity index is 2.61. The van der Waals surface area contributed by atoms with Gasteiger partial charge in [-0.1, -0.05) is 13.8 Å². The lowest BCUT2D eigenvalue weighted by Gasteiger charge is -2.19. The highest BCUT2D eigenvalue weighted by molar-refractivity contribution is 5.74. The highest BCUT2D eigenvalue weighted by Gasteiger charge is 2.16. The number of nitrogens with one attached hydrogen (secondary N) is 1. The van der Waals surface area contributed by atoms with Gasteiger partial charge >= 0.3 is 5.97 Å². The number of esters is 1. The molecule has 106 valence electrons. The molecule has 0 aliphatic carbocycles. The number of hydrogen-bond acceptors (Lipinski definition) is 6. The van der Waals surface area contributed by atoms with Gasteiger partial charge in [0, 0.05) is 0 Å². The summed E-state index contributed by atoms with van der Waals surface area (Å²) < 4.78 is 5.18. The van der Waals surface area contributed by atoms with Gasteiger partial charge in [0.2, 0.25) is 5.95 Å². The largest absolute Gasteiger partial charge is 0.459 e. The quantitative estimate of drug-likeness (QED) is 0.818. The second-order valence-corrected chi connectivity index (χ2v) is 5.18. The van der Waals surface area contributed by atoms with Crippen LogP contribution in [-0.2, 0) is 22.4 Å². The molecule has 0 aliphatic rings. The summed E-state index contributed by atoms with van der Waals surface area (Å²) in [5.41, 5.74) is 1.31. The zero-order valence-electron chi connectivity index (χ0n) is 12.3. The lowest BCUT2D eigenvalue weighted by molar-refractivity contribution is -0.152. The van der Waals surface area contributed by atoms with Crippen LogP contribution in [0.15, 0.2) is 0 Å². The Labute approximate surface area is 114 Å². The van der Waals surface area contributed by atoms with Crippen molar-refractivity contribution in [2.24, 2.45) is 0 Å². The summed E-state index contributed by atoms with van der Waals surface area (Å²) in [5, 5.41) is 10.9. The van der Waals surface area contributed by atoms with Crippen molar-refractivity contribution in [3.05, 3.63) is 11.4 Å². The van der Waals surface area contributed by atoms with Crippen molar-refractivity contribution in [1.29, 1.82) is 0 Å². The SMILES string of the molecule is CCc1nnc(NCC(=O)OC(C)(C)C)nc1CC. The van der Waals surface area contributed by atoms with Crippen molar-refractivity contribution >= 4 is 11.9 Å². The second kappa shape index (κ2) is 6.45. The minimum atomic E-state index is -0.488. The first kappa shape index (κ1) is 15.3. The van der Waals surface area contributed by atoms with Crippen molar-refractivity contribution < 1.29 is 9.53 Å². The van der Waals surface area contributed by atoms with E-state index in [1.807, 2.05) is 34.6 Å². The zero-order chi connectivity index (χ0) is 14.5. The van der Waals surface area contributed by atoms with E-state index in [9.17, 15) is 4.79 Å². The summed E-state index contributed by atoms with van der Waals surface area (Å²) in [6.45, 7) is 9.55. The number of nitrogens with zero attached hydrogens (tertiary/aromatic N) is 3. The van der Waals surface area contributed by atoms with Gasteiger partial charge in [-0.3, -0.25) is 4.79 Å². The predicted octanol–water partition coefficient (Wildman–Crippen LogP) is 1.75. The molecular formula is C13H22N4O2. The molecule has 1 N–H and O–H groups in total. The van der Waals surface area contributed by atoms with Crippen LogP contribution in [-0.4, -0.2) is 33.3 Å². The number of aryl methyl sites for hydroxylation is 2. The van der Waals surface area contributed by atoms with Gasteiger partial charge in [0.1, 0.15) is 12.1 Å². The van der Waals surface area contributed by atoms with E-state index in [4.69, 9.17) is 4.74 Å². The maximum Gasteiger partial charge on any atom is 0.325 e. The van der Waals surface area contributed by atoms with Crippen LogP contribution in [0, 0.1) is 0 Å². The van der Waals surface area contributed by atoms with E-state index in [-0.39, 0.29) is 12.5 Å². The molecular weight excluding hydrogens is 244 g/mol. The molecule has 19 heavy (non-hydrogen) atoms. The number of hydrogen-bond donors (Lipinski definition) is 1. The molecule has 1 rings (SSSR count). The molecule has 0 bridgehead atoms. The Kier molecular flexibility index (Phi) is 5.20. The van der Waals surface area contributed by atoms with Crippen molar-refractivity contribution in [2.75, 3.05) is 11.9 Å². The van der Waals surface area contributed by atoms with Crippen LogP contribution < -0.4 is 5.32 Å². The molecule has 1 heterocycles. The molecule has 0 atom stereocenters. The average molecular weight is 266 g/mol. The maximum absolute atomic E-state index is 11.5. The average Bonchev–Trinajstić information content (AvgIpc) is 2.33. The Morgan fingerprint density at radius 1 is 1.16 bits per heavy atom. The van der Waals surface area contributed by atoms with Crippen molar-refractivity contribution in [2.45, 2.75) is 53.1 Å². The van der Waals surface area contributed by atoms with Gasteiger partial charge in [-0.05, 0) is 33.6 Å². The van der Waals surface area contributed by atoms with E-state index in [2.05, 4.69) is 20.5 Å². The first-order valence-electron chi connectivity index (χ1n) is 6.54. The van der Waals surface area contributed by atoms with Crippen LogP contribution in [0.5, 0.6) is 0 Å². The topological polar surface area (TPSA) is 77.0 Å². The van der Waals surface area contributed by atoms with E-state index in [0.717, 1.165) is 24.2 Å². The lowest BCUT2D eigenvalue weighted by atomic mass is 10.2. The van der Waals surface area contributed by atoms with Crippen molar-refractivity contribution in [1.82, 2.24) is 15.2 Å². The highest BCUT2D eigenvalue weighted by atomic mass is 16.6. The van der Waals surface area contributed by atoms with Crippen LogP contribution in [0.2, 0.25) is 0 Å². The fourth-order valence-corrected chi connectivity index (χ4v) is 1.54. The van der Waals surface area contributed by atoms with Crippen LogP contribution in [0.1, 0.15) is 46.0 Å². The number of aromatic nitrogens is 3. The van der Waals surface area contributed by atoms with Crippen LogP contribution in [0.3, 0.4) is 0 Å². The first-order chi connectivity index (χ1) is 8.85. The molecule has 0 fully saturated rings. The summed E-state index contributed by atoms with van der Waals surface area (Å²) in [5.74, 6) is 0.0219. The van der Waals surface area contributed by atoms with Gasteiger partial charge in [-0.25, -0.2) is 4.98 Å².